The summed E-state index contributed by atoms with van der Waals surface area (Å²) in [4.78, 5) is 0. The molecule has 1 saturated heterocycles. The highest BCUT2D eigenvalue weighted by molar-refractivity contribution is 5.11. The first kappa shape index (κ1) is 42.3. The molecule has 0 aromatic heterocycles. The maximum Gasteiger partial charge on any atom is 0.203 e. The van der Waals surface area contributed by atoms with Gasteiger partial charge < -0.3 is 60.2 Å². The molecule has 0 bridgehead atoms. The summed E-state index contributed by atoms with van der Waals surface area (Å²) in [6.45, 7) is -1.21. The van der Waals surface area contributed by atoms with Gasteiger partial charge in [-0.15, -0.1) is 0 Å². The normalized spacial score (nSPS) is 27.6. The summed E-state index contributed by atoms with van der Waals surface area (Å²) in [6.07, 6.45) is 9.75. The van der Waals surface area contributed by atoms with Gasteiger partial charge in [-0.1, -0.05) is 76.9 Å². The number of rotatable bonds is 28. The second-order valence-corrected chi connectivity index (χ2v) is 12.4. The van der Waals surface area contributed by atoms with Crippen molar-refractivity contribution in [3.63, 3.8) is 0 Å². The molecular formula is C33H64O12. The van der Waals surface area contributed by atoms with Crippen LogP contribution in [0.3, 0.4) is 0 Å². The molecule has 8 atom stereocenters. The zero-order chi connectivity index (χ0) is 33.6. The Labute approximate surface area is 269 Å². The molecule has 12 heteroatoms. The van der Waals surface area contributed by atoms with Gasteiger partial charge in [0.2, 0.25) is 5.79 Å². The van der Waals surface area contributed by atoms with Crippen LogP contribution in [-0.4, -0.2) is 134 Å². The molecule has 0 aromatic carbocycles. The summed E-state index contributed by atoms with van der Waals surface area (Å²) in [7, 11) is 0. The molecule has 1 aliphatic heterocycles. The van der Waals surface area contributed by atoms with Crippen molar-refractivity contribution in [2.24, 2.45) is 0 Å². The van der Waals surface area contributed by atoms with E-state index in [4.69, 9.17) is 14.2 Å². The molecule has 0 saturated carbocycles. The lowest BCUT2D eigenvalue weighted by atomic mass is 9.73. The van der Waals surface area contributed by atoms with Crippen LogP contribution in [0.2, 0.25) is 0 Å². The van der Waals surface area contributed by atoms with E-state index in [-0.39, 0.29) is 6.61 Å². The maximum atomic E-state index is 11.4. The number of hydrogen-bond acceptors (Lipinski definition) is 12. The smallest absolute Gasteiger partial charge is 0.203 e. The fourth-order valence-electron chi connectivity index (χ4n) is 5.90. The summed E-state index contributed by atoms with van der Waals surface area (Å²) >= 11 is 0. The minimum Gasteiger partial charge on any atom is -0.394 e. The highest BCUT2D eigenvalue weighted by Crippen LogP contribution is 2.48. The number of hydrogen-bond donors (Lipinski definition) is 9. The first-order valence-electron chi connectivity index (χ1n) is 17.1. The van der Waals surface area contributed by atoms with Gasteiger partial charge in [0.05, 0.1) is 51.8 Å². The minimum atomic E-state index is -2.19. The lowest BCUT2D eigenvalue weighted by Crippen LogP contribution is -2.76. The quantitative estimate of drug-likeness (QED) is 0.0435. The lowest BCUT2D eigenvalue weighted by molar-refractivity contribution is -0.421. The molecule has 0 amide bonds. The lowest BCUT2D eigenvalue weighted by Gasteiger charge is -2.58. The van der Waals surface area contributed by atoms with Gasteiger partial charge in [0.15, 0.2) is 5.60 Å². The van der Waals surface area contributed by atoms with E-state index in [2.05, 4.69) is 19.1 Å². The van der Waals surface area contributed by atoms with Crippen LogP contribution in [0, 0.1) is 0 Å². The fraction of sp³-hybridized carbons (Fsp3) is 0.939. The van der Waals surface area contributed by atoms with Gasteiger partial charge in [-0.2, -0.15) is 0 Å². The van der Waals surface area contributed by atoms with E-state index in [9.17, 15) is 46.0 Å². The Hall–Kier alpha value is -0.740. The molecule has 1 aliphatic rings. The van der Waals surface area contributed by atoms with Crippen LogP contribution < -0.4 is 0 Å². The summed E-state index contributed by atoms with van der Waals surface area (Å²) in [5.41, 5.74) is -2.19. The Morgan fingerprint density at radius 3 is 1.71 bits per heavy atom. The highest BCUT2D eigenvalue weighted by atomic mass is 16.7. The van der Waals surface area contributed by atoms with Crippen LogP contribution in [0.15, 0.2) is 12.2 Å². The van der Waals surface area contributed by atoms with Crippen molar-refractivity contribution in [3.05, 3.63) is 12.2 Å². The second-order valence-electron chi connectivity index (χ2n) is 12.4. The van der Waals surface area contributed by atoms with Crippen molar-refractivity contribution < 1.29 is 60.2 Å². The average Bonchev–Trinajstić information content (AvgIpc) is 3.04. The number of aliphatic hydroxyl groups is 9. The Bertz CT molecular complexity index is 742. The number of unbranched alkanes of at least 4 members (excludes halogenated alkanes) is 12. The number of allylic oxidation sites excluding steroid dienone is 2. The van der Waals surface area contributed by atoms with E-state index in [1.54, 1.807) is 0 Å². The van der Waals surface area contributed by atoms with Crippen molar-refractivity contribution in [1.29, 1.82) is 0 Å². The zero-order valence-electron chi connectivity index (χ0n) is 27.4. The van der Waals surface area contributed by atoms with E-state index < -0.39 is 93.9 Å². The summed E-state index contributed by atoms with van der Waals surface area (Å²) in [6, 6.07) is 0. The molecular weight excluding hydrogens is 588 g/mol. The summed E-state index contributed by atoms with van der Waals surface area (Å²) < 4.78 is 18.1. The van der Waals surface area contributed by atoms with Crippen LogP contribution in [0.5, 0.6) is 0 Å². The van der Waals surface area contributed by atoms with Crippen LogP contribution in [0.4, 0.5) is 0 Å². The fourth-order valence-corrected chi connectivity index (χ4v) is 5.90. The maximum absolute atomic E-state index is 11.4. The largest absolute Gasteiger partial charge is 0.394 e. The average molecular weight is 653 g/mol. The number of ether oxygens (including phenoxy) is 3. The van der Waals surface area contributed by atoms with Crippen molar-refractivity contribution in [2.45, 2.75) is 158 Å². The molecule has 12 nitrogen and oxygen atoms in total. The van der Waals surface area contributed by atoms with Gasteiger partial charge in [-0.05, 0) is 32.1 Å². The molecule has 0 aliphatic carbocycles. The Morgan fingerprint density at radius 2 is 1.18 bits per heavy atom. The van der Waals surface area contributed by atoms with Gasteiger partial charge in [-0.3, -0.25) is 0 Å². The Kier molecular flexibility index (Phi) is 22.9. The SMILES string of the molecule is CCCCCCCC/C=C\CCCCCCCCOC1(CC(O)CO)O[C@H](CO)[C@@H](O)[C@H](O)[C@@]1(CC(O)CO)OCC(O)CO. The summed E-state index contributed by atoms with van der Waals surface area (Å²) in [5, 5.41) is 91.7. The predicted molar refractivity (Wildman–Crippen MR) is 169 cm³/mol. The molecule has 4 unspecified atom stereocenters. The standard InChI is InChI=1S/C33H64O12/c1-2-3-4-5-6-7-8-9-10-11-12-13-14-15-16-17-18-43-33(20-27(39)22-35)32(19-26(38)21-34,44-25-28(40)23-36)31(42)30(41)29(24-37)45-33/h9-10,26-31,34-42H,2-8,11-25H2,1H3/b10-9-/t26?,27?,28?,29-,30-,31+,32-,33?/m1/s1. The van der Waals surface area contributed by atoms with Crippen molar-refractivity contribution >= 4 is 0 Å². The molecule has 9 N–H and O–H groups in total. The zero-order valence-corrected chi connectivity index (χ0v) is 27.4. The molecule has 1 fully saturated rings. The highest BCUT2D eigenvalue weighted by Gasteiger charge is 2.67. The third kappa shape index (κ3) is 14.5. The third-order valence-electron chi connectivity index (χ3n) is 8.55. The van der Waals surface area contributed by atoms with Crippen molar-refractivity contribution in [1.82, 2.24) is 0 Å². The molecule has 45 heavy (non-hydrogen) atoms. The van der Waals surface area contributed by atoms with Crippen LogP contribution in [0.25, 0.3) is 0 Å². The molecule has 1 rings (SSSR count). The van der Waals surface area contributed by atoms with E-state index in [0.717, 1.165) is 44.9 Å². The third-order valence-corrected chi connectivity index (χ3v) is 8.55. The first-order valence-corrected chi connectivity index (χ1v) is 17.1. The summed E-state index contributed by atoms with van der Waals surface area (Å²) in [5.74, 6) is -2.13. The number of aliphatic hydroxyl groups excluding tert-OH is 9. The molecule has 0 spiro atoms. The minimum absolute atomic E-state index is 0.0448. The van der Waals surface area contributed by atoms with Crippen LogP contribution >= 0.6 is 0 Å². The first-order chi connectivity index (χ1) is 21.7. The Balaban J connectivity index is 2.80. The van der Waals surface area contributed by atoms with E-state index in [0.29, 0.717) is 6.42 Å². The van der Waals surface area contributed by atoms with Crippen molar-refractivity contribution in [3.8, 4) is 0 Å². The van der Waals surface area contributed by atoms with Crippen LogP contribution in [0.1, 0.15) is 110 Å². The molecule has 0 radical (unpaired) electrons. The van der Waals surface area contributed by atoms with Gasteiger partial charge in [0, 0.05) is 12.8 Å². The van der Waals surface area contributed by atoms with Crippen molar-refractivity contribution in [2.75, 3.05) is 39.6 Å². The molecule has 0 aromatic rings. The monoisotopic (exact) mass is 652 g/mol. The van der Waals surface area contributed by atoms with Gasteiger partial charge in [-0.25, -0.2) is 0 Å². The van der Waals surface area contributed by atoms with E-state index in [1.807, 2.05) is 0 Å². The van der Waals surface area contributed by atoms with Gasteiger partial charge in [0.1, 0.15) is 24.4 Å². The topological polar surface area (TPSA) is 210 Å². The van der Waals surface area contributed by atoms with Gasteiger partial charge in [0.25, 0.3) is 0 Å². The van der Waals surface area contributed by atoms with E-state index >= 15 is 0 Å². The second kappa shape index (κ2) is 24.4. The van der Waals surface area contributed by atoms with Crippen LogP contribution in [-0.2, 0) is 14.2 Å². The van der Waals surface area contributed by atoms with E-state index in [1.165, 1.54) is 38.5 Å². The Morgan fingerprint density at radius 1 is 0.667 bits per heavy atom. The molecule has 1 heterocycles. The predicted octanol–water partition coefficient (Wildman–Crippen LogP) is 1.44. The van der Waals surface area contributed by atoms with Gasteiger partial charge >= 0.3 is 0 Å². The molecule has 268 valence electrons.